The van der Waals surface area contributed by atoms with E-state index in [1.165, 1.54) is 6.07 Å². The Balaban J connectivity index is 2.34. The van der Waals surface area contributed by atoms with Gasteiger partial charge in [-0.2, -0.15) is 0 Å². The standard InChI is InChI=1S/C17H24N2O4S/c1-5-6-10-18(4)15(20)13-8-7-9-14(11-13)19-16(21)17(2,3)12-24(19,22)23/h7-9,11H,5-6,10,12H2,1-4H3. The molecule has 1 aliphatic heterocycles. The van der Waals surface area contributed by atoms with Crippen LogP contribution in [0.15, 0.2) is 24.3 Å². The summed E-state index contributed by atoms with van der Waals surface area (Å²) in [5.74, 6) is -0.881. The highest BCUT2D eigenvalue weighted by Crippen LogP contribution is 2.35. The Kier molecular flexibility index (Phi) is 5.03. The summed E-state index contributed by atoms with van der Waals surface area (Å²) in [4.78, 5) is 26.5. The maximum absolute atomic E-state index is 12.5. The van der Waals surface area contributed by atoms with Crippen LogP contribution in [0.3, 0.4) is 0 Å². The van der Waals surface area contributed by atoms with Gasteiger partial charge < -0.3 is 4.90 Å². The summed E-state index contributed by atoms with van der Waals surface area (Å²) < 4.78 is 25.5. The Morgan fingerprint density at radius 2 is 2.00 bits per heavy atom. The third-order valence-electron chi connectivity index (χ3n) is 4.11. The molecule has 0 N–H and O–H groups in total. The number of rotatable bonds is 5. The minimum atomic E-state index is -3.71. The zero-order valence-corrected chi connectivity index (χ0v) is 15.4. The van der Waals surface area contributed by atoms with E-state index >= 15 is 0 Å². The number of sulfonamides is 1. The van der Waals surface area contributed by atoms with Crippen LogP contribution in [0, 0.1) is 5.41 Å². The molecule has 1 saturated heterocycles. The molecule has 1 fully saturated rings. The van der Waals surface area contributed by atoms with Crippen LogP contribution in [0.1, 0.15) is 44.0 Å². The SMILES string of the molecule is CCCCN(C)C(=O)c1cccc(N2C(=O)C(C)(C)CS2(=O)=O)c1. The Morgan fingerprint density at radius 1 is 1.33 bits per heavy atom. The summed E-state index contributed by atoms with van der Waals surface area (Å²) in [6.07, 6.45) is 1.88. The van der Waals surface area contributed by atoms with Crippen molar-refractivity contribution in [2.45, 2.75) is 33.6 Å². The van der Waals surface area contributed by atoms with Crippen LogP contribution < -0.4 is 4.31 Å². The van der Waals surface area contributed by atoms with Crippen LogP contribution in [0.2, 0.25) is 0 Å². The van der Waals surface area contributed by atoms with E-state index in [0.717, 1.165) is 17.1 Å². The van der Waals surface area contributed by atoms with Crippen LogP contribution >= 0.6 is 0 Å². The molecule has 0 saturated carbocycles. The van der Waals surface area contributed by atoms with Crippen molar-refractivity contribution in [3.05, 3.63) is 29.8 Å². The third-order valence-corrected chi connectivity index (χ3v) is 6.13. The number of hydrogen-bond donors (Lipinski definition) is 0. The first-order chi connectivity index (χ1) is 11.1. The Bertz CT molecular complexity index is 756. The molecule has 1 aliphatic rings. The van der Waals surface area contributed by atoms with Crippen LogP contribution in [-0.4, -0.2) is 44.5 Å². The number of carbonyl (C=O) groups is 2. The number of benzene rings is 1. The Morgan fingerprint density at radius 3 is 2.54 bits per heavy atom. The topological polar surface area (TPSA) is 74.8 Å². The van der Waals surface area contributed by atoms with Gasteiger partial charge in [-0.1, -0.05) is 19.4 Å². The minimum absolute atomic E-state index is 0.186. The second-order valence-electron chi connectivity index (χ2n) is 6.84. The lowest BCUT2D eigenvalue weighted by Crippen LogP contribution is -2.33. The second-order valence-corrected chi connectivity index (χ2v) is 8.66. The number of carbonyl (C=O) groups excluding carboxylic acids is 2. The van der Waals surface area contributed by atoms with Gasteiger partial charge >= 0.3 is 0 Å². The zero-order valence-electron chi connectivity index (χ0n) is 14.6. The number of amides is 2. The van der Waals surface area contributed by atoms with Gasteiger partial charge in [0.05, 0.1) is 16.9 Å². The number of anilines is 1. The molecule has 1 aromatic rings. The van der Waals surface area contributed by atoms with E-state index in [4.69, 9.17) is 0 Å². The number of hydrogen-bond acceptors (Lipinski definition) is 4. The summed E-state index contributed by atoms with van der Waals surface area (Å²) in [6.45, 7) is 5.90. The lowest BCUT2D eigenvalue weighted by molar-refractivity contribution is -0.123. The van der Waals surface area contributed by atoms with E-state index in [0.29, 0.717) is 12.1 Å². The highest BCUT2D eigenvalue weighted by atomic mass is 32.2. The molecule has 0 radical (unpaired) electrons. The zero-order chi connectivity index (χ0) is 18.1. The van der Waals surface area contributed by atoms with Crippen molar-refractivity contribution in [3.8, 4) is 0 Å². The van der Waals surface area contributed by atoms with Crippen LogP contribution in [0.5, 0.6) is 0 Å². The molecule has 0 aromatic heterocycles. The van der Waals surface area contributed by atoms with Crippen molar-refractivity contribution in [1.82, 2.24) is 4.90 Å². The molecule has 24 heavy (non-hydrogen) atoms. The predicted octanol–water partition coefficient (Wildman–Crippen LogP) is 2.26. The smallest absolute Gasteiger partial charge is 0.253 e. The molecule has 0 spiro atoms. The van der Waals surface area contributed by atoms with Crippen LogP contribution in [-0.2, 0) is 14.8 Å². The van der Waals surface area contributed by atoms with E-state index in [1.807, 2.05) is 6.92 Å². The number of nitrogens with zero attached hydrogens (tertiary/aromatic N) is 2. The Labute approximate surface area is 143 Å². The van der Waals surface area contributed by atoms with Gasteiger partial charge in [-0.25, -0.2) is 12.7 Å². The molecule has 1 heterocycles. The van der Waals surface area contributed by atoms with Crippen molar-refractivity contribution in [2.24, 2.45) is 5.41 Å². The van der Waals surface area contributed by atoms with Gasteiger partial charge in [-0.15, -0.1) is 0 Å². The average molecular weight is 352 g/mol. The summed E-state index contributed by atoms with van der Waals surface area (Å²) in [6, 6.07) is 6.25. The molecule has 0 bridgehead atoms. The fourth-order valence-electron chi connectivity index (χ4n) is 2.74. The van der Waals surface area contributed by atoms with E-state index in [2.05, 4.69) is 0 Å². The van der Waals surface area contributed by atoms with Gasteiger partial charge in [-0.05, 0) is 38.5 Å². The quantitative estimate of drug-likeness (QED) is 0.815. The molecule has 1 aromatic carbocycles. The van der Waals surface area contributed by atoms with Gasteiger partial charge in [-0.3, -0.25) is 9.59 Å². The van der Waals surface area contributed by atoms with Crippen molar-refractivity contribution in [3.63, 3.8) is 0 Å². The normalized spacial score (nSPS) is 18.7. The second kappa shape index (κ2) is 6.55. The number of unbranched alkanes of at least 4 members (excludes halogenated alkanes) is 1. The first-order valence-electron chi connectivity index (χ1n) is 8.03. The lowest BCUT2D eigenvalue weighted by atomic mass is 9.95. The fourth-order valence-corrected chi connectivity index (χ4v) is 4.84. The molecule has 2 amide bonds. The average Bonchev–Trinajstić information content (AvgIpc) is 2.67. The highest BCUT2D eigenvalue weighted by molar-refractivity contribution is 7.94. The maximum atomic E-state index is 12.5. The monoisotopic (exact) mass is 352 g/mol. The molecule has 2 rings (SSSR count). The van der Waals surface area contributed by atoms with Crippen molar-refractivity contribution < 1.29 is 18.0 Å². The van der Waals surface area contributed by atoms with Gasteiger partial charge in [0, 0.05) is 19.2 Å². The van der Waals surface area contributed by atoms with Crippen molar-refractivity contribution in [2.75, 3.05) is 23.7 Å². The first-order valence-corrected chi connectivity index (χ1v) is 9.64. The molecule has 6 nitrogen and oxygen atoms in total. The van der Waals surface area contributed by atoms with E-state index < -0.39 is 21.3 Å². The van der Waals surface area contributed by atoms with Crippen LogP contribution in [0.4, 0.5) is 5.69 Å². The van der Waals surface area contributed by atoms with Gasteiger partial charge in [0.15, 0.2) is 0 Å². The fraction of sp³-hybridized carbons (Fsp3) is 0.529. The third kappa shape index (κ3) is 3.45. The molecule has 132 valence electrons. The highest BCUT2D eigenvalue weighted by Gasteiger charge is 2.49. The summed E-state index contributed by atoms with van der Waals surface area (Å²) in [5.41, 5.74) is -0.365. The van der Waals surface area contributed by atoms with Gasteiger partial charge in [0.2, 0.25) is 15.9 Å². The lowest BCUT2D eigenvalue weighted by Gasteiger charge is -2.20. The maximum Gasteiger partial charge on any atom is 0.253 e. The molecule has 0 unspecified atom stereocenters. The molecule has 7 heteroatoms. The summed E-state index contributed by atoms with van der Waals surface area (Å²) in [5, 5.41) is 0. The van der Waals surface area contributed by atoms with E-state index in [9.17, 15) is 18.0 Å². The molecular weight excluding hydrogens is 328 g/mol. The van der Waals surface area contributed by atoms with Crippen molar-refractivity contribution in [1.29, 1.82) is 0 Å². The molecule has 0 atom stereocenters. The first kappa shape index (κ1) is 18.4. The van der Waals surface area contributed by atoms with E-state index in [-0.39, 0.29) is 17.3 Å². The Hall–Kier alpha value is -1.89. The molecule has 0 aliphatic carbocycles. The predicted molar refractivity (Wildman–Crippen MR) is 93.4 cm³/mol. The van der Waals surface area contributed by atoms with Crippen LogP contribution in [0.25, 0.3) is 0 Å². The van der Waals surface area contributed by atoms with Crippen molar-refractivity contribution >= 4 is 27.5 Å². The minimum Gasteiger partial charge on any atom is -0.342 e. The largest absolute Gasteiger partial charge is 0.342 e. The van der Waals surface area contributed by atoms with Gasteiger partial charge in [0.1, 0.15) is 0 Å². The summed E-state index contributed by atoms with van der Waals surface area (Å²) >= 11 is 0. The van der Waals surface area contributed by atoms with E-state index in [1.54, 1.807) is 44.0 Å². The summed E-state index contributed by atoms with van der Waals surface area (Å²) in [7, 11) is -2.00. The molecular formula is C17H24N2O4S. The van der Waals surface area contributed by atoms with Gasteiger partial charge in [0.25, 0.3) is 5.91 Å².